The quantitative estimate of drug-likeness (QED) is 0.853. The van der Waals surface area contributed by atoms with E-state index in [1.807, 2.05) is 23.1 Å². The molecule has 28 heavy (non-hydrogen) atoms. The number of amides is 2. The van der Waals surface area contributed by atoms with Crippen LogP contribution in [0.4, 0.5) is 10.5 Å². The first-order chi connectivity index (χ1) is 13.7. The van der Waals surface area contributed by atoms with E-state index in [1.54, 1.807) is 0 Å². The molecule has 2 aliphatic heterocycles. The highest BCUT2D eigenvalue weighted by atomic mass is 16.3. The largest absolute Gasteiger partial charge is 0.394 e. The maximum atomic E-state index is 12.8. The molecule has 0 radical (unpaired) electrons. The van der Waals surface area contributed by atoms with Crippen molar-refractivity contribution < 1.29 is 9.90 Å². The zero-order chi connectivity index (χ0) is 19.7. The number of carbonyl (C=O) groups excluding carboxylic acids is 1. The number of hydrogen-bond acceptors (Lipinski definition) is 3. The van der Waals surface area contributed by atoms with E-state index in [9.17, 15) is 9.90 Å². The van der Waals surface area contributed by atoms with E-state index in [0.29, 0.717) is 6.54 Å². The SMILES string of the molecule is CCCNC(=O)N1CC[C@@H]2[C@H]1c1cc(-c3ccccc3)ccc1N(C)[C@@H]2CO. The number of anilines is 1. The average Bonchev–Trinajstić information content (AvgIpc) is 3.18. The number of nitrogens with zero attached hydrogens (tertiary/aromatic N) is 2. The Balaban J connectivity index is 1.77. The van der Waals surface area contributed by atoms with Crippen LogP contribution in [0.25, 0.3) is 11.1 Å². The summed E-state index contributed by atoms with van der Waals surface area (Å²) in [5.41, 5.74) is 4.63. The number of rotatable bonds is 4. The van der Waals surface area contributed by atoms with Crippen LogP contribution in [0.2, 0.25) is 0 Å². The number of carbonyl (C=O) groups is 1. The molecule has 148 valence electrons. The highest BCUT2D eigenvalue weighted by Gasteiger charge is 2.47. The number of fused-ring (bicyclic) bond motifs is 3. The highest BCUT2D eigenvalue weighted by molar-refractivity contribution is 5.77. The Hall–Kier alpha value is -2.53. The summed E-state index contributed by atoms with van der Waals surface area (Å²) in [7, 11) is 2.05. The van der Waals surface area contributed by atoms with Gasteiger partial charge in [0.1, 0.15) is 0 Å². The monoisotopic (exact) mass is 379 g/mol. The Morgan fingerprint density at radius 1 is 1.18 bits per heavy atom. The molecule has 5 heteroatoms. The van der Waals surface area contributed by atoms with Gasteiger partial charge in [0, 0.05) is 31.7 Å². The molecule has 0 spiro atoms. The van der Waals surface area contributed by atoms with Gasteiger partial charge in [-0.15, -0.1) is 0 Å². The van der Waals surface area contributed by atoms with E-state index in [0.717, 1.165) is 30.6 Å². The van der Waals surface area contributed by atoms with Crippen molar-refractivity contribution in [3.8, 4) is 11.1 Å². The van der Waals surface area contributed by atoms with Crippen LogP contribution in [0.3, 0.4) is 0 Å². The summed E-state index contributed by atoms with van der Waals surface area (Å²) in [5, 5.41) is 13.1. The maximum Gasteiger partial charge on any atom is 0.317 e. The smallest absolute Gasteiger partial charge is 0.317 e. The van der Waals surface area contributed by atoms with Crippen molar-refractivity contribution in [2.75, 3.05) is 31.6 Å². The van der Waals surface area contributed by atoms with E-state index in [1.165, 1.54) is 11.1 Å². The lowest BCUT2D eigenvalue weighted by Crippen LogP contribution is -2.49. The summed E-state index contributed by atoms with van der Waals surface area (Å²) >= 11 is 0. The molecule has 0 aliphatic carbocycles. The van der Waals surface area contributed by atoms with E-state index >= 15 is 0 Å². The molecule has 0 aromatic heterocycles. The Morgan fingerprint density at radius 3 is 2.68 bits per heavy atom. The molecule has 2 heterocycles. The fourth-order valence-electron chi connectivity index (χ4n) is 4.83. The van der Waals surface area contributed by atoms with E-state index in [2.05, 4.69) is 54.5 Å². The highest BCUT2D eigenvalue weighted by Crippen LogP contribution is 2.49. The van der Waals surface area contributed by atoms with Crippen LogP contribution in [0.15, 0.2) is 48.5 Å². The molecule has 5 nitrogen and oxygen atoms in total. The predicted octanol–water partition coefficient (Wildman–Crippen LogP) is 3.65. The number of likely N-dealkylation sites (tertiary alicyclic amines) is 1. The summed E-state index contributed by atoms with van der Waals surface area (Å²) in [6.45, 7) is 3.57. The Morgan fingerprint density at radius 2 is 1.96 bits per heavy atom. The van der Waals surface area contributed by atoms with Gasteiger partial charge in [0.2, 0.25) is 0 Å². The Bertz CT molecular complexity index is 839. The van der Waals surface area contributed by atoms with E-state index in [-0.39, 0.29) is 30.6 Å². The first-order valence-electron chi connectivity index (χ1n) is 10.2. The molecule has 2 N–H and O–H groups in total. The first kappa shape index (κ1) is 18.8. The molecule has 4 rings (SSSR count). The molecule has 0 unspecified atom stereocenters. The maximum absolute atomic E-state index is 12.8. The van der Waals surface area contributed by atoms with Gasteiger partial charge >= 0.3 is 6.03 Å². The zero-order valence-corrected chi connectivity index (χ0v) is 16.6. The first-order valence-corrected chi connectivity index (χ1v) is 10.2. The van der Waals surface area contributed by atoms with Crippen LogP contribution in [0, 0.1) is 5.92 Å². The minimum Gasteiger partial charge on any atom is -0.394 e. The van der Waals surface area contributed by atoms with Gasteiger partial charge in [-0.2, -0.15) is 0 Å². The zero-order valence-electron chi connectivity index (χ0n) is 16.6. The van der Waals surface area contributed by atoms with E-state index < -0.39 is 0 Å². The van der Waals surface area contributed by atoms with Crippen LogP contribution in [0.1, 0.15) is 31.4 Å². The van der Waals surface area contributed by atoms with Crippen molar-refractivity contribution >= 4 is 11.7 Å². The van der Waals surface area contributed by atoms with Crippen molar-refractivity contribution in [1.29, 1.82) is 0 Å². The average molecular weight is 380 g/mol. The molecular formula is C23H29N3O2. The molecular weight excluding hydrogens is 350 g/mol. The van der Waals surface area contributed by atoms with Crippen molar-refractivity contribution in [2.45, 2.75) is 31.8 Å². The summed E-state index contributed by atoms with van der Waals surface area (Å²) in [5.74, 6) is 0.237. The number of aliphatic hydroxyl groups excluding tert-OH is 1. The summed E-state index contributed by atoms with van der Waals surface area (Å²) in [6.07, 6.45) is 1.83. The van der Waals surface area contributed by atoms with Gasteiger partial charge in [0.15, 0.2) is 0 Å². The summed E-state index contributed by atoms with van der Waals surface area (Å²) in [4.78, 5) is 17.0. The molecule has 0 bridgehead atoms. The number of aliphatic hydroxyl groups is 1. The standard InChI is InChI=1S/C23H29N3O2/c1-3-12-24-23(28)26-13-11-18-21(15-27)25(2)20-10-9-17(14-19(20)22(18)26)16-7-5-4-6-8-16/h4-10,14,18,21-22,27H,3,11-13,15H2,1-2H3,(H,24,28)/t18-,21+,22-/m0/s1. The van der Waals surface area contributed by atoms with Gasteiger partial charge in [0.05, 0.1) is 18.7 Å². The topological polar surface area (TPSA) is 55.8 Å². The van der Waals surface area contributed by atoms with Crippen LogP contribution in [-0.4, -0.2) is 48.8 Å². The second-order valence-corrected chi connectivity index (χ2v) is 7.82. The summed E-state index contributed by atoms with van der Waals surface area (Å²) < 4.78 is 0. The van der Waals surface area contributed by atoms with Gasteiger partial charge in [0.25, 0.3) is 0 Å². The number of likely N-dealkylation sites (N-methyl/N-ethyl adjacent to an activating group) is 1. The number of nitrogens with one attached hydrogen (secondary N) is 1. The summed E-state index contributed by atoms with van der Waals surface area (Å²) in [6, 6.07) is 16.9. The van der Waals surface area contributed by atoms with Crippen molar-refractivity contribution in [3.05, 3.63) is 54.1 Å². The van der Waals surface area contributed by atoms with Crippen LogP contribution in [-0.2, 0) is 0 Å². The van der Waals surface area contributed by atoms with Crippen LogP contribution in [0.5, 0.6) is 0 Å². The van der Waals surface area contributed by atoms with Crippen molar-refractivity contribution in [2.24, 2.45) is 5.92 Å². The minimum absolute atomic E-state index is 0.00358. The second kappa shape index (κ2) is 7.84. The van der Waals surface area contributed by atoms with Crippen molar-refractivity contribution in [3.63, 3.8) is 0 Å². The molecule has 2 aromatic carbocycles. The van der Waals surface area contributed by atoms with Crippen LogP contribution < -0.4 is 10.2 Å². The number of hydrogen-bond donors (Lipinski definition) is 2. The fourth-order valence-corrected chi connectivity index (χ4v) is 4.83. The third-order valence-corrected chi connectivity index (χ3v) is 6.24. The second-order valence-electron chi connectivity index (χ2n) is 7.82. The molecule has 0 saturated carbocycles. The molecule has 1 saturated heterocycles. The molecule has 1 fully saturated rings. The van der Waals surface area contributed by atoms with E-state index in [4.69, 9.17) is 0 Å². The normalized spacial score (nSPS) is 23.3. The van der Waals surface area contributed by atoms with Crippen molar-refractivity contribution in [1.82, 2.24) is 10.2 Å². The molecule has 2 aliphatic rings. The fraction of sp³-hybridized carbons (Fsp3) is 0.435. The molecule has 2 amide bonds. The Kier molecular flexibility index (Phi) is 5.27. The Labute approximate surface area is 167 Å². The van der Waals surface area contributed by atoms with Crippen LogP contribution >= 0.6 is 0 Å². The lowest BCUT2D eigenvalue weighted by molar-refractivity contribution is 0.161. The van der Waals surface area contributed by atoms with Gasteiger partial charge < -0.3 is 20.2 Å². The van der Waals surface area contributed by atoms with Gasteiger partial charge in [-0.3, -0.25) is 0 Å². The molecule has 2 aromatic rings. The lowest BCUT2D eigenvalue weighted by Gasteiger charge is -2.44. The van der Waals surface area contributed by atoms with Gasteiger partial charge in [-0.1, -0.05) is 43.3 Å². The minimum atomic E-state index is 0.00358. The predicted molar refractivity (Wildman–Crippen MR) is 112 cm³/mol. The lowest BCUT2D eigenvalue weighted by atomic mass is 9.81. The third kappa shape index (κ3) is 3.14. The third-order valence-electron chi connectivity index (χ3n) is 6.24. The van der Waals surface area contributed by atoms with Gasteiger partial charge in [-0.25, -0.2) is 4.79 Å². The number of urea groups is 1. The number of benzene rings is 2. The van der Waals surface area contributed by atoms with Gasteiger partial charge in [-0.05, 0) is 41.7 Å². The molecule has 3 atom stereocenters.